The van der Waals surface area contributed by atoms with E-state index in [4.69, 9.17) is 0 Å². The summed E-state index contributed by atoms with van der Waals surface area (Å²) in [7, 11) is -3.85. The molecule has 3 rings (SSSR count). The van der Waals surface area contributed by atoms with Crippen molar-refractivity contribution < 1.29 is 17.2 Å². The van der Waals surface area contributed by atoms with E-state index < -0.39 is 21.7 Å². The summed E-state index contributed by atoms with van der Waals surface area (Å²) in [5.41, 5.74) is 1.02. The molecule has 1 aliphatic heterocycles. The highest BCUT2D eigenvalue weighted by Gasteiger charge is 2.36. The van der Waals surface area contributed by atoms with E-state index in [1.165, 1.54) is 9.18 Å². The molecule has 0 N–H and O–H groups in total. The molecule has 3 nitrogen and oxygen atoms in total. The van der Waals surface area contributed by atoms with Gasteiger partial charge in [0.1, 0.15) is 0 Å². The number of nitrogens with zero attached hydrogens (tertiary/aromatic N) is 1. The van der Waals surface area contributed by atoms with E-state index in [0.717, 1.165) is 23.8 Å². The molecular weight excluding hydrogens is 328 g/mol. The Balaban J connectivity index is 2.03. The van der Waals surface area contributed by atoms with Gasteiger partial charge in [0, 0.05) is 11.4 Å². The van der Waals surface area contributed by atoms with Crippen molar-refractivity contribution in [2.75, 3.05) is 6.54 Å². The molecule has 0 unspecified atom stereocenters. The van der Waals surface area contributed by atoms with E-state index in [0.29, 0.717) is 19.4 Å². The topological polar surface area (TPSA) is 37.4 Å². The van der Waals surface area contributed by atoms with Gasteiger partial charge in [-0.05, 0) is 48.1 Å². The third-order valence-electron chi connectivity index (χ3n) is 3.93. The summed E-state index contributed by atoms with van der Waals surface area (Å²) in [5.74, 6) is -2.20. The molecule has 1 aliphatic rings. The van der Waals surface area contributed by atoms with Crippen LogP contribution in [0.25, 0.3) is 0 Å². The van der Waals surface area contributed by atoms with Crippen LogP contribution in [0.4, 0.5) is 8.78 Å². The second-order valence-corrected chi connectivity index (χ2v) is 8.06. The van der Waals surface area contributed by atoms with Crippen LogP contribution in [-0.2, 0) is 16.4 Å². The smallest absolute Gasteiger partial charge is 0.207 e. The predicted octanol–water partition coefficient (Wildman–Crippen LogP) is 3.72. The second kappa shape index (κ2) is 5.72. The lowest BCUT2D eigenvalue weighted by Crippen LogP contribution is -2.39. The number of rotatable bonds is 3. The Kier molecular flexibility index (Phi) is 4.05. The summed E-state index contributed by atoms with van der Waals surface area (Å²) in [6.07, 6.45) is 1.28. The van der Waals surface area contributed by atoms with E-state index in [2.05, 4.69) is 0 Å². The molecule has 2 aromatic rings. The normalized spacial score (nSPS) is 19.1. The number of fused-ring (bicyclic) bond motifs is 1. The maximum absolute atomic E-state index is 13.4. The van der Waals surface area contributed by atoms with E-state index in [1.54, 1.807) is 11.3 Å². The first kappa shape index (κ1) is 15.6. The first-order valence-electron chi connectivity index (χ1n) is 6.98. The van der Waals surface area contributed by atoms with Crippen LogP contribution in [-0.4, -0.2) is 19.3 Å². The molecule has 2 heterocycles. The molecule has 22 heavy (non-hydrogen) atoms. The van der Waals surface area contributed by atoms with Gasteiger partial charge in [0.15, 0.2) is 11.6 Å². The number of hydrogen-bond donors (Lipinski definition) is 0. The van der Waals surface area contributed by atoms with Crippen molar-refractivity contribution in [2.45, 2.75) is 30.7 Å². The predicted molar refractivity (Wildman–Crippen MR) is 81.3 cm³/mol. The highest BCUT2D eigenvalue weighted by molar-refractivity contribution is 7.89. The van der Waals surface area contributed by atoms with Gasteiger partial charge < -0.3 is 0 Å². The highest BCUT2D eigenvalue weighted by Crippen LogP contribution is 2.38. The average molecular weight is 343 g/mol. The zero-order chi connectivity index (χ0) is 15.9. The largest absolute Gasteiger partial charge is 0.243 e. The average Bonchev–Trinajstić information content (AvgIpc) is 2.97. The molecule has 0 bridgehead atoms. The van der Waals surface area contributed by atoms with Crippen molar-refractivity contribution in [1.82, 2.24) is 4.31 Å². The molecule has 0 saturated heterocycles. The van der Waals surface area contributed by atoms with E-state index in [9.17, 15) is 17.2 Å². The van der Waals surface area contributed by atoms with Crippen molar-refractivity contribution in [3.8, 4) is 0 Å². The first-order chi connectivity index (χ1) is 10.4. The van der Waals surface area contributed by atoms with Gasteiger partial charge in [0.2, 0.25) is 10.0 Å². The number of benzene rings is 1. The Morgan fingerprint density at radius 1 is 1.27 bits per heavy atom. The maximum Gasteiger partial charge on any atom is 0.243 e. The fourth-order valence-corrected chi connectivity index (χ4v) is 5.48. The Morgan fingerprint density at radius 2 is 2.05 bits per heavy atom. The van der Waals surface area contributed by atoms with Gasteiger partial charge in [-0.25, -0.2) is 17.2 Å². The molecule has 0 radical (unpaired) electrons. The van der Waals surface area contributed by atoms with Gasteiger partial charge in [-0.3, -0.25) is 0 Å². The second-order valence-electron chi connectivity index (χ2n) is 5.16. The number of halogens is 2. The lowest BCUT2D eigenvalue weighted by atomic mass is 10.0. The summed E-state index contributed by atoms with van der Waals surface area (Å²) in [6, 6.07) is 4.40. The van der Waals surface area contributed by atoms with Gasteiger partial charge >= 0.3 is 0 Å². The molecule has 7 heteroatoms. The molecular formula is C15H15F2NO2S2. The maximum atomic E-state index is 13.4. The third kappa shape index (κ3) is 2.47. The molecule has 0 saturated carbocycles. The summed E-state index contributed by atoms with van der Waals surface area (Å²) in [5, 5.41) is 1.96. The van der Waals surface area contributed by atoms with Gasteiger partial charge in [-0.1, -0.05) is 6.92 Å². The Labute approximate surface area is 132 Å². The molecule has 118 valence electrons. The summed E-state index contributed by atoms with van der Waals surface area (Å²) < 4.78 is 53.4. The fourth-order valence-electron chi connectivity index (χ4n) is 2.86. The first-order valence-corrected chi connectivity index (χ1v) is 9.30. The Morgan fingerprint density at radius 3 is 2.73 bits per heavy atom. The van der Waals surface area contributed by atoms with Crippen molar-refractivity contribution in [3.63, 3.8) is 0 Å². The lowest BCUT2D eigenvalue weighted by Gasteiger charge is -2.34. The van der Waals surface area contributed by atoms with Crippen LogP contribution in [0.1, 0.15) is 29.8 Å². The quantitative estimate of drug-likeness (QED) is 0.852. The van der Waals surface area contributed by atoms with Crippen LogP contribution in [0.5, 0.6) is 0 Å². The van der Waals surface area contributed by atoms with Crippen molar-refractivity contribution >= 4 is 21.4 Å². The van der Waals surface area contributed by atoms with Crippen LogP contribution >= 0.6 is 11.3 Å². The number of sulfonamides is 1. The number of thiophene rings is 1. The minimum atomic E-state index is -3.85. The van der Waals surface area contributed by atoms with E-state index in [1.807, 2.05) is 18.4 Å². The molecule has 0 fully saturated rings. The van der Waals surface area contributed by atoms with Gasteiger partial charge in [0.05, 0.1) is 10.9 Å². The molecule has 0 aliphatic carbocycles. The van der Waals surface area contributed by atoms with Gasteiger partial charge in [-0.2, -0.15) is 4.31 Å². The van der Waals surface area contributed by atoms with Crippen LogP contribution in [0.3, 0.4) is 0 Å². The van der Waals surface area contributed by atoms with Crippen LogP contribution in [0, 0.1) is 11.6 Å². The van der Waals surface area contributed by atoms with E-state index in [-0.39, 0.29) is 10.9 Å². The van der Waals surface area contributed by atoms with Crippen LogP contribution in [0.15, 0.2) is 34.5 Å². The molecule has 1 aromatic heterocycles. The van der Waals surface area contributed by atoms with Crippen molar-refractivity contribution in [2.24, 2.45) is 0 Å². The fraction of sp³-hybridized carbons (Fsp3) is 0.333. The standard InChI is InChI=1S/C15H15F2NO2S2/c1-2-14-11-6-8-21-15(11)5-7-18(14)22(19,20)10-3-4-12(16)13(17)9-10/h3-4,6,8-9,14H,2,5,7H2,1H3/t14-/m1/s1. The third-order valence-corrected chi connectivity index (χ3v) is 6.83. The summed E-state index contributed by atoms with van der Waals surface area (Å²) in [4.78, 5) is 0.993. The lowest BCUT2D eigenvalue weighted by molar-refractivity contribution is 0.303. The summed E-state index contributed by atoms with van der Waals surface area (Å²) in [6.45, 7) is 2.28. The zero-order valence-corrected chi connectivity index (χ0v) is 13.6. The SMILES string of the molecule is CC[C@@H]1c2ccsc2CCN1S(=O)(=O)c1ccc(F)c(F)c1. The zero-order valence-electron chi connectivity index (χ0n) is 11.9. The molecule has 1 aromatic carbocycles. The minimum Gasteiger partial charge on any atom is -0.207 e. The summed E-state index contributed by atoms with van der Waals surface area (Å²) >= 11 is 1.63. The van der Waals surface area contributed by atoms with Gasteiger partial charge in [0.25, 0.3) is 0 Å². The Bertz CT molecular complexity index is 802. The van der Waals surface area contributed by atoms with Crippen molar-refractivity contribution in [3.05, 3.63) is 51.7 Å². The van der Waals surface area contributed by atoms with Gasteiger partial charge in [-0.15, -0.1) is 11.3 Å². The molecule has 0 amide bonds. The van der Waals surface area contributed by atoms with Crippen LogP contribution in [0.2, 0.25) is 0 Å². The monoisotopic (exact) mass is 343 g/mol. The number of hydrogen-bond acceptors (Lipinski definition) is 3. The van der Waals surface area contributed by atoms with Crippen molar-refractivity contribution in [1.29, 1.82) is 0 Å². The van der Waals surface area contributed by atoms with E-state index >= 15 is 0 Å². The minimum absolute atomic E-state index is 0.205. The molecule has 0 spiro atoms. The Hall–Kier alpha value is -1.31. The highest BCUT2D eigenvalue weighted by atomic mass is 32.2. The molecule has 1 atom stereocenters. The van der Waals surface area contributed by atoms with Crippen LogP contribution < -0.4 is 0 Å².